The monoisotopic (exact) mass is 479 g/mol. The molecule has 0 spiro atoms. The maximum atomic E-state index is 14.9. The maximum Gasteiger partial charge on any atom is 0.260 e. The molecule has 4 heterocycles. The highest BCUT2D eigenvalue weighted by Gasteiger charge is 2.30. The van der Waals surface area contributed by atoms with Crippen molar-refractivity contribution in [2.75, 3.05) is 6.61 Å². The molecular formula is C25H23ClFN5O2. The third-order valence-corrected chi connectivity index (χ3v) is 6.87. The molecule has 2 atom stereocenters. The minimum absolute atomic E-state index is 0.0722. The lowest BCUT2D eigenvalue weighted by Gasteiger charge is -2.29. The van der Waals surface area contributed by atoms with E-state index in [-0.39, 0.29) is 39.2 Å². The van der Waals surface area contributed by atoms with Gasteiger partial charge in [0.05, 0.1) is 34.9 Å². The number of aromatic amines is 1. The van der Waals surface area contributed by atoms with Gasteiger partial charge in [-0.25, -0.2) is 9.37 Å². The molecule has 0 bridgehead atoms. The number of rotatable bonds is 4. The molecule has 2 fully saturated rings. The number of aromatic nitrogens is 5. The van der Waals surface area contributed by atoms with Gasteiger partial charge in [-0.15, -0.1) is 0 Å². The van der Waals surface area contributed by atoms with Crippen LogP contribution in [0.15, 0.2) is 41.5 Å². The Kier molecular flexibility index (Phi) is 5.22. The first kappa shape index (κ1) is 21.4. The number of pyridine rings is 1. The molecule has 3 aromatic heterocycles. The summed E-state index contributed by atoms with van der Waals surface area (Å²) in [7, 11) is 0. The van der Waals surface area contributed by atoms with Crippen LogP contribution in [0, 0.1) is 12.7 Å². The van der Waals surface area contributed by atoms with Crippen LogP contribution in [0.2, 0.25) is 5.02 Å². The van der Waals surface area contributed by atoms with Gasteiger partial charge in [-0.05, 0) is 56.9 Å². The number of halogens is 2. The second kappa shape index (κ2) is 8.29. The zero-order valence-corrected chi connectivity index (χ0v) is 19.3. The smallest absolute Gasteiger partial charge is 0.260 e. The Labute approximate surface area is 200 Å². The van der Waals surface area contributed by atoms with Crippen molar-refractivity contribution in [2.24, 2.45) is 0 Å². The minimum Gasteiger partial charge on any atom is -0.373 e. The summed E-state index contributed by atoms with van der Waals surface area (Å²) in [5, 5.41) is 5.05. The van der Waals surface area contributed by atoms with Crippen molar-refractivity contribution in [3.63, 3.8) is 0 Å². The zero-order valence-electron chi connectivity index (χ0n) is 18.6. The number of hydrogen-bond acceptors (Lipinski definition) is 5. The van der Waals surface area contributed by atoms with E-state index in [2.05, 4.69) is 21.3 Å². The summed E-state index contributed by atoms with van der Waals surface area (Å²) in [4.78, 5) is 24.9. The van der Waals surface area contributed by atoms with Crippen LogP contribution in [-0.4, -0.2) is 31.3 Å². The lowest BCUT2D eigenvalue weighted by atomic mass is 9.89. The first-order valence-electron chi connectivity index (χ1n) is 11.5. The highest BCUT2D eigenvalue weighted by Crippen LogP contribution is 2.40. The summed E-state index contributed by atoms with van der Waals surface area (Å²) >= 11 is 5.97. The SMILES string of the molecule is Cc1nc2cc([C@H]3CCO[C@@H](c4cnn(C5CC5)c4)C3)nc(-c3ccc(Cl)cc3F)c2c(=O)[nH]1. The fourth-order valence-corrected chi connectivity index (χ4v) is 4.90. The van der Waals surface area contributed by atoms with Crippen LogP contribution >= 0.6 is 11.6 Å². The van der Waals surface area contributed by atoms with Crippen molar-refractivity contribution in [1.82, 2.24) is 24.7 Å². The topological polar surface area (TPSA) is 85.7 Å². The predicted octanol–water partition coefficient (Wildman–Crippen LogP) is 5.25. The normalized spacial score (nSPS) is 20.7. The second-order valence-electron chi connectivity index (χ2n) is 9.13. The van der Waals surface area contributed by atoms with Gasteiger partial charge in [0.1, 0.15) is 11.6 Å². The molecule has 0 amide bonds. The van der Waals surface area contributed by atoms with Gasteiger partial charge in [0.15, 0.2) is 0 Å². The van der Waals surface area contributed by atoms with Gasteiger partial charge in [-0.2, -0.15) is 5.10 Å². The highest BCUT2D eigenvalue weighted by molar-refractivity contribution is 6.30. The summed E-state index contributed by atoms with van der Waals surface area (Å²) in [5.41, 5.74) is 2.49. The molecule has 7 nitrogen and oxygen atoms in total. The number of H-pyrrole nitrogens is 1. The molecule has 0 radical (unpaired) electrons. The number of hydrogen-bond donors (Lipinski definition) is 1. The number of nitrogens with one attached hydrogen (secondary N) is 1. The van der Waals surface area contributed by atoms with E-state index in [1.165, 1.54) is 18.9 Å². The van der Waals surface area contributed by atoms with Crippen molar-refractivity contribution in [3.05, 3.63) is 74.9 Å². The van der Waals surface area contributed by atoms with Crippen LogP contribution in [0.3, 0.4) is 0 Å². The van der Waals surface area contributed by atoms with E-state index in [9.17, 15) is 9.18 Å². The molecule has 1 N–H and O–H groups in total. The van der Waals surface area contributed by atoms with E-state index in [0.29, 0.717) is 24.0 Å². The summed E-state index contributed by atoms with van der Waals surface area (Å²) in [6.07, 6.45) is 7.72. The van der Waals surface area contributed by atoms with Gasteiger partial charge in [0.2, 0.25) is 0 Å². The van der Waals surface area contributed by atoms with Gasteiger partial charge >= 0.3 is 0 Å². The molecule has 0 unspecified atom stereocenters. The standard InChI is InChI=1S/C25H23ClFN5O2/c1-13-29-21-10-20(14-6-7-34-22(8-14)15-11-28-32(12-15)17-3-4-17)31-24(23(21)25(33)30-13)18-5-2-16(26)9-19(18)27/h2,5,9-12,14,17,22H,3-4,6-8H2,1H3,(H,29,30,33)/t14-,22+/m0/s1. The Bertz CT molecular complexity index is 1460. The van der Waals surface area contributed by atoms with Crippen molar-refractivity contribution in [3.8, 4) is 11.3 Å². The van der Waals surface area contributed by atoms with E-state index in [0.717, 1.165) is 24.1 Å². The van der Waals surface area contributed by atoms with Gasteiger partial charge in [0.25, 0.3) is 5.56 Å². The number of benzene rings is 1. The molecule has 1 aliphatic carbocycles. The molecule has 2 aliphatic rings. The summed E-state index contributed by atoms with van der Waals surface area (Å²) < 4.78 is 23.0. The number of fused-ring (bicyclic) bond motifs is 1. The first-order valence-corrected chi connectivity index (χ1v) is 11.9. The van der Waals surface area contributed by atoms with Gasteiger partial charge in [-0.3, -0.25) is 14.5 Å². The Hall–Kier alpha value is -3.10. The van der Waals surface area contributed by atoms with E-state index in [1.807, 2.05) is 16.9 Å². The van der Waals surface area contributed by atoms with Crippen LogP contribution < -0.4 is 5.56 Å². The molecule has 6 rings (SSSR count). The minimum atomic E-state index is -0.532. The Morgan fingerprint density at radius 3 is 2.85 bits per heavy atom. The fraction of sp³-hybridized carbons (Fsp3) is 0.360. The maximum absolute atomic E-state index is 14.9. The Morgan fingerprint density at radius 1 is 1.21 bits per heavy atom. The molecule has 174 valence electrons. The third-order valence-electron chi connectivity index (χ3n) is 6.63. The lowest BCUT2D eigenvalue weighted by molar-refractivity contribution is 0.00462. The quantitative estimate of drug-likeness (QED) is 0.432. The van der Waals surface area contributed by atoms with Crippen LogP contribution in [0.4, 0.5) is 4.39 Å². The summed E-state index contributed by atoms with van der Waals surface area (Å²) in [6.45, 7) is 2.31. The van der Waals surface area contributed by atoms with Crippen molar-refractivity contribution in [2.45, 2.75) is 50.7 Å². The van der Waals surface area contributed by atoms with Crippen molar-refractivity contribution < 1.29 is 9.13 Å². The van der Waals surface area contributed by atoms with Gasteiger partial charge in [-0.1, -0.05) is 11.6 Å². The summed E-state index contributed by atoms with van der Waals surface area (Å²) in [5.74, 6) is 0.0354. The van der Waals surface area contributed by atoms with E-state index in [1.54, 1.807) is 19.1 Å². The van der Waals surface area contributed by atoms with Crippen molar-refractivity contribution in [1.29, 1.82) is 0 Å². The number of nitrogens with zero attached hydrogens (tertiary/aromatic N) is 4. The molecule has 1 saturated heterocycles. The Morgan fingerprint density at radius 2 is 2.06 bits per heavy atom. The van der Waals surface area contributed by atoms with E-state index >= 15 is 0 Å². The van der Waals surface area contributed by atoms with Crippen LogP contribution in [0.25, 0.3) is 22.2 Å². The van der Waals surface area contributed by atoms with Crippen LogP contribution in [-0.2, 0) is 4.74 Å². The van der Waals surface area contributed by atoms with Gasteiger partial charge < -0.3 is 9.72 Å². The third kappa shape index (κ3) is 3.91. The second-order valence-corrected chi connectivity index (χ2v) is 9.57. The molecule has 4 aromatic rings. The molecule has 34 heavy (non-hydrogen) atoms. The fourth-order valence-electron chi connectivity index (χ4n) is 4.74. The van der Waals surface area contributed by atoms with Crippen LogP contribution in [0.1, 0.15) is 60.8 Å². The average Bonchev–Trinajstić information content (AvgIpc) is 3.54. The molecule has 1 aliphatic heterocycles. The highest BCUT2D eigenvalue weighted by atomic mass is 35.5. The predicted molar refractivity (Wildman–Crippen MR) is 126 cm³/mol. The lowest BCUT2D eigenvalue weighted by Crippen LogP contribution is -2.20. The Balaban J connectivity index is 1.43. The molecule has 1 aromatic carbocycles. The van der Waals surface area contributed by atoms with Gasteiger partial charge in [0, 0.05) is 40.6 Å². The largest absolute Gasteiger partial charge is 0.373 e. The zero-order chi connectivity index (χ0) is 23.4. The average molecular weight is 480 g/mol. The van der Waals surface area contributed by atoms with Crippen molar-refractivity contribution >= 4 is 22.5 Å². The van der Waals surface area contributed by atoms with Crippen LogP contribution in [0.5, 0.6) is 0 Å². The molecule has 9 heteroatoms. The summed E-state index contributed by atoms with van der Waals surface area (Å²) in [6, 6.07) is 6.75. The number of aryl methyl sites for hydroxylation is 1. The molecular weight excluding hydrogens is 457 g/mol. The first-order chi connectivity index (χ1) is 16.5. The number of ether oxygens (including phenoxy) is 1. The van der Waals surface area contributed by atoms with E-state index < -0.39 is 5.82 Å². The van der Waals surface area contributed by atoms with E-state index in [4.69, 9.17) is 21.3 Å². The molecule has 1 saturated carbocycles.